The fourth-order valence-corrected chi connectivity index (χ4v) is 2.44. The van der Waals surface area contributed by atoms with Crippen molar-refractivity contribution < 1.29 is 0 Å². The Morgan fingerprint density at radius 1 is 1.19 bits per heavy atom. The Hall–Kier alpha value is -1.53. The molecule has 0 fully saturated rings. The van der Waals surface area contributed by atoms with Gasteiger partial charge in [-0.05, 0) is 35.3 Å². The molecular formula is C13H11BrN2. The van der Waals surface area contributed by atoms with Crippen molar-refractivity contribution >= 4 is 15.9 Å². The van der Waals surface area contributed by atoms with E-state index in [0.29, 0.717) is 5.56 Å². The van der Waals surface area contributed by atoms with Crippen LogP contribution in [0.4, 0.5) is 0 Å². The molecule has 0 bridgehead atoms. The van der Waals surface area contributed by atoms with Gasteiger partial charge < -0.3 is 4.98 Å². The highest BCUT2D eigenvalue weighted by Gasteiger charge is 2.14. The number of nitriles is 1. The third-order valence-corrected chi connectivity index (χ3v) is 3.19. The molecule has 0 aliphatic heterocycles. The normalized spacial score (nSPS) is 10.1. The number of aryl methyl sites for hydroxylation is 2. The van der Waals surface area contributed by atoms with E-state index < -0.39 is 0 Å². The maximum atomic E-state index is 9.14. The van der Waals surface area contributed by atoms with Gasteiger partial charge in [0.05, 0.1) is 10.2 Å². The molecule has 0 radical (unpaired) electrons. The first kappa shape index (κ1) is 11.0. The molecule has 1 aromatic carbocycles. The Kier molecular flexibility index (Phi) is 2.84. The van der Waals surface area contributed by atoms with Crippen LogP contribution in [0.15, 0.2) is 28.9 Å². The van der Waals surface area contributed by atoms with Crippen LogP contribution in [0.2, 0.25) is 0 Å². The van der Waals surface area contributed by atoms with Crippen LogP contribution in [0.5, 0.6) is 0 Å². The lowest BCUT2D eigenvalue weighted by Crippen LogP contribution is -1.82. The van der Waals surface area contributed by atoms with Gasteiger partial charge in [-0.15, -0.1) is 0 Å². The molecule has 0 unspecified atom stereocenters. The van der Waals surface area contributed by atoms with Gasteiger partial charge in [0.25, 0.3) is 0 Å². The highest BCUT2D eigenvalue weighted by Crippen LogP contribution is 2.33. The average Bonchev–Trinajstić information content (AvgIpc) is 2.54. The number of benzene rings is 1. The van der Waals surface area contributed by atoms with Crippen LogP contribution in [-0.2, 0) is 0 Å². The summed E-state index contributed by atoms with van der Waals surface area (Å²) >= 11 is 3.46. The highest BCUT2D eigenvalue weighted by molar-refractivity contribution is 9.10. The Bertz CT molecular complexity index is 559. The quantitative estimate of drug-likeness (QED) is 0.841. The monoisotopic (exact) mass is 274 g/mol. The van der Waals surface area contributed by atoms with E-state index in [1.165, 1.54) is 5.56 Å². The Morgan fingerprint density at radius 3 is 2.38 bits per heavy atom. The number of rotatable bonds is 1. The molecule has 3 heteroatoms. The zero-order valence-corrected chi connectivity index (χ0v) is 10.7. The molecule has 1 heterocycles. The van der Waals surface area contributed by atoms with Crippen LogP contribution in [0.3, 0.4) is 0 Å². The number of aromatic amines is 1. The molecule has 80 valence electrons. The molecule has 0 spiro atoms. The summed E-state index contributed by atoms with van der Waals surface area (Å²) < 4.78 is 0.866. The predicted molar refractivity (Wildman–Crippen MR) is 68.1 cm³/mol. The van der Waals surface area contributed by atoms with Crippen LogP contribution >= 0.6 is 15.9 Å². The third-order valence-electron chi connectivity index (χ3n) is 2.59. The van der Waals surface area contributed by atoms with Crippen molar-refractivity contribution in [2.45, 2.75) is 13.8 Å². The van der Waals surface area contributed by atoms with Crippen molar-refractivity contribution in [1.29, 1.82) is 5.26 Å². The molecule has 0 aliphatic carbocycles. The van der Waals surface area contributed by atoms with Crippen molar-refractivity contribution in [3.63, 3.8) is 0 Å². The summed E-state index contributed by atoms with van der Waals surface area (Å²) in [7, 11) is 0. The van der Waals surface area contributed by atoms with Gasteiger partial charge in [-0.3, -0.25) is 0 Å². The summed E-state index contributed by atoms with van der Waals surface area (Å²) in [5.74, 6) is 0. The molecular weight excluding hydrogens is 264 g/mol. The lowest BCUT2D eigenvalue weighted by Gasteiger charge is -2.01. The van der Waals surface area contributed by atoms with E-state index in [1.807, 2.05) is 38.1 Å². The molecule has 1 N–H and O–H groups in total. The van der Waals surface area contributed by atoms with Crippen LogP contribution < -0.4 is 0 Å². The molecule has 0 saturated carbocycles. The predicted octanol–water partition coefficient (Wildman–Crippen LogP) is 3.93. The first-order chi connectivity index (χ1) is 7.63. The lowest BCUT2D eigenvalue weighted by atomic mass is 10.0. The number of aromatic nitrogens is 1. The van der Waals surface area contributed by atoms with Crippen LogP contribution in [0, 0.1) is 25.2 Å². The van der Waals surface area contributed by atoms with Gasteiger partial charge in [0, 0.05) is 11.3 Å². The molecule has 0 saturated heterocycles. The van der Waals surface area contributed by atoms with Crippen molar-refractivity contribution in [3.8, 4) is 17.2 Å². The molecule has 2 nitrogen and oxygen atoms in total. The Balaban J connectivity index is 2.64. The summed E-state index contributed by atoms with van der Waals surface area (Å²) in [5, 5.41) is 9.14. The molecule has 2 rings (SSSR count). The maximum absolute atomic E-state index is 9.14. The highest BCUT2D eigenvalue weighted by atomic mass is 79.9. The molecule has 1 aromatic heterocycles. The lowest BCUT2D eigenvalue weighted by molar-refractivity contribution is 1.23. The van der Waals surface area contributed by atoms with Gasteiger partial charge >= 0.3 is 0 Å². The van der Waals surface area contributed by atoms with Gasteiger partial charge in [-0.1, -0.05) is 29.8 Å². The van der Waals surface area contributed by atoms with Crippen molar-refractivity contribution in [3.05, 3.63) is 45.7 Å². The van der Waals surface area contributed by atoms with E-state index in [2.05, 4.69) is 27.0 Å². The second kappa shape index (κ2) is 4.15. The molecule has 16 heavy (non-hydrogen) atoms. The molecule has 0 atom stereocenters. The second-order valence-corrected chi connectivity index (χ2v) is 4.58. The van der Waals surface area contributed by atoms with Gasteiger partial charge in [0.2, 0.25) is 0 Å². The largest absolute Gasteiger partial charge is 0.352 e. The van der Waals surface area contributed by atoms with Crippen LogP contribution in [-0.4, -0.2) is 4.98 Å². The zero-order chi connectivity index (χ0) is 11.7. The Labute approximate surface area is 103 Å². The summed E-state index contributed by atoms with van der Waals surface area (Å²) in [6, 6.07) is 10.4. The number of H-pyrrole nitrogens is 1. The summed E-state index contributed by atoms with van der Waals surface area (Å²) in [5.41, 5.74) is 4.81. The van der Waals surface area contributed by atoms with Crippen molar-refractivity contribution in [1.82, 2.24) is 4.98 Å². The third kappa shape index (κ3) is 1.77. The van der Waals surface area contributed by atoms with E-state index in [1.54, 1.807) is 0 Å². The second-order valence-electron chi connectivity index (χ2n) is 3.79. The fraction of sp³-hybridized carbons (Fsp3) is 0.154. The SMILES string of the molecule is Cc1ccc(-c2c(Br)[nH]c(C)c2C#N)cc1. The number of halogens is 1. The van der Waals surface area contributed by atoms with Gasteiger partial charge in [0.15, 0.2) is 0 Å². The number of hydrogen-bond donors (Lipinski definition) is 1. The van der Waals surface area contributed by atoms with Crippen LogP contribution in [0.25, 0.3) is 11.1 Å². The minimum atomic E-state index is 0.704. The van der Waals surface area contributed by atoms with Gasteiger partial charge in [-0.2, -0.15) is 5.26 Å². The summed E-state index contributed by atoms with van der Waals surface area (Å²) in [6.45, 7) is 3.95. The topological polar surface area (TPSA) is 39.6 Å². The summed E-state index contributed by atoms with van der Waals surface area (Å²) in [4.78, 5) is 3.13. The van der Waals surface area contributed by atoms with Gasteiger partial charge in [-0.25, -0.2) is 0 Å². The van der Waals surface area contributed by atoms with Gasteiger partial charge in [0.1, 0.15) is 6.07 Å². The number of nitrogens with zero attached hydrogens (tertiary/aromatic N) is 1. The Morgan fingerprint density at radius 2 is 1.81 bits per heavy atom. The standard InChI is InChI=1S/C13H11BrN2/c1-8-3-5-10(6-4-8)12-11(7-15)9(2)16-13(12)14/h3-6,16H,1-2H3. The molecule has 2 aromatic rings. The van der Waals surface area contributed by atoms with E-state index in [0.717, 1.165) is 21.4 Å². The molecule has 0 aliphatic rings. The van der Waals surface area contributed by atoms with Crippen LogP contribution in [0.1, 0.15) is 16.8 Å². The maximum Gasteiger partial charge on any atom is 0.102 e. The van der Waals surface area contributed by atoms with E-state index in [-0.39, 0.29) is 0 Å². The smallest absolute Gasteiger partial charge is 0.102 e. The number of hydrogen-bond acceptors (Lipinski definition) is 1. The van der Waals surface area contributed by atoms with E-state index in [9.17, 15) is 0 Å². The molecule has 0 amide bonds. The first-order valence-electron chi connectivity index (χ1n) is 4.98. The number of nitrogens with one attached hydrogen (secondary N) is 1. The van der Waals surface area contributed by atoms with Crippen molar-refractivity contribution in [2.75, 3.05) is 0 Å². The summed E-state index contributed by atoms with van der Waals surface area (Å²) in [6.07, 6.45) is 0. The average molecular weight is 275 g/mol. The minimum absolute atomic E-state index is 0.704. The van der Waals surface area contributed by atoms with Crippen molar-refractivity contribution in [2.24, 2.45) is 0 Å². The van der Waals surface area contributed by atoms with E-state index in [4.69, 9.17) is 5.26 Å². The zero-order valence-electron chi connectivity index (χ0n) is 9.13. The minimum Gasteiger partial charge on any atom is -0.352 e. The fourth-order valence-electron chi connectivity index (χ4n) is 1.72. The first-order valence-corrected chi connectivity index (χ1v) is 5.78. The van der Waals surface area contributed by atoms with E-state index >= 15 is 0 Å².